The lowest BCUT2D eigenvalue weighted by atomic mass is 10.1. The van der Waals surface area contributed by atoms with Crippen LogP contribution >= 0.6 is 0 Å². The smallest absolute Gasteiger partial charge is 0.257 e. The first kappa shape index (κ1) is 13.0. The Hall–Kier alpha value is -3.02. The Labute approximate surface area is 119 Å². The summed E-state index contributed by atoms with van der Waals surface area (Å²) in [4.78, 5) is 20.4. The quantitative estimate of drug-likeness (QED) is 0.708. The highest BCUT2D eigenvalue weighted by molar-refractivity contribution is 6.08. The molecule has 21 heavy (non-hydrogen) atoms. The minimum Gasteiger partial charge on any atom is -0.398 e. The molecule has 1 amide bonds. The number of hydrogen-bond acceptors (Lipinski definition) is 4. The number of rotatable bonds is 2. The van der Waals surface area contributed by atoms with Crippen LogP contribution in [0.5, 0.6) is 0 Å². The van der Waals surface area contributed by atoms with Crippen molar-refractivity contribution in [1.29, 1.82) is 0 Å². The highest BCUT2D eigenvalue weighted by atomic mass is 19.1. The largest absolute Gasteiger partial charge is 0.398 e. The van der Waals surface area contributed by atoms with Gasteiger partial charge in [-0.2, -0.15) is 0 Å². The van der Waals surface area contributed by atoms with Gasteiger partial charge in [0.05, 0.1) is 16.6 Å². The second-order valence-electron chi connectivity index (χ2n) is 4.45. The third-order valence-electron chi connectivity index (χ3n) is 2.99. The zero-order valence-electron chi connectivity index (χ0n) is 10.9. The Bertz CT molecular complexity index is 835. The molecule has 3 N–H and O–H groups in total. The molecule has 1 aromatic heterocycles. The Balaban J connectivity index is 1.89. The Morgan fingerprint density at radius 1 is 1.05 bits per heavy atom. The molecule has 5 nitrogen and oxygen atoms in total. The van der Waals surface area contributed by atoms with E-state index in [4.69, 9.17) is 5.73 Å². The third kappa shape index (κ3) is 2.64. The first-order chi connectivity index (χ1) is 10.1. The van der Waals surface area contributed by atoms with Gasteiger partial charge in [-0.05, 0) is 36.4 Å². The molecular formula is C15H11FN4O. The van der Waals surface area contributed by atoms with E-state index in [0.29, 0.717) is 11.2 Å². The summed E-state index contributed by atoms with van der Waals surface area (Å²) in [6.45, 7) is 0. The first-order valence-corrected chi connectivity index (χ1v) is 6.20. The van der Waals surface area contributed by atoms with Gasteiger partial charge in [-0.25, -0.2) is 4.39 Å². The average molecular weight is 282 g/mol. The van der Waals surface area contributed by atoms with Crippen LogP contribution in [0.25, 0.3) is 11.0 Å². The molecule has 6 heteroatoms. The van der Waals surface area contributed by atoms with Crippen molar-refractivity contribution < 1.29 is 9.18 Å². The summed E-state index contributed by atoms with van der Waals surface area (Å²) in [5, 5.41) is 2.70. The van der Waals surface area contributed by atoms with E-state index in [1.165, 1.54) is 12.1 Å². The maximum absolute atomic E-state index is 13.0. The lowest BCUT2D eigenvalue weighted by Crippen LogP contribution is -2.14. The van der Waals surface area contributed by atoms with Crippen molar-refractivity contribution in [2.75, 3.05) is 11.1 Å². The van der Waals surface area contributed by atoms with Crippen LogP contribution in [0.1, 0.15) is 10.4 Å². The number of anilines is 2. The lowest BCUT2D eigenvalue weighted by Gasteiger charge is -2.08. The molecule has 2 aromatic carbocycles. The number of nitrogens with two attached hydrogens (primary N) is 1. The summed E-state index contributed by atoms with van der Waals surface area (Å²) in [7, 11) is 0. The molecule has 1 heterocycles. The number of fused-ring (bicyclic) bond motifs is 1. The minimum absolute atomic E-state index is 0.0908. The monoisotopic (exact) mass is 282 g/mol. The van der Waals surface area contributed by atoms with Gasteiger partial charge in [0.15, 0.2) is 0 Å². The summed E-state index contributed by atoms with van der Waals surface area (Å²) in [6, 6.07) is 8.83. The molecule has 0 atom stereocenters. The molecule has 0 fully saturated rings. The standard InChI is InChI=1S/C15H11FN4O/c16-9-1-3-11(12(17)7-9)15(21)20-10-2-4-13-14(8-10)19-6-5-18-13/h1-8H,17H2,(H,20,21). The number of nitrogens with one attached hydrogen (secondary N) is 1. The SMILES string of the molecule is Nc1cc(F)ccc1C(=O)Nc1ccc2nccnc2c1. The van der Waals surface area contributed by atoms with E-state index in [1.807, 2.05) is 0 Å². The van der Waals surface area contributed by atoms with E-state index < -0.39 is 11.7 Å². The number of nitrogens with zero attached hydrogens (tertiary/aromatic N) is 2. The van der Waals surface area contributed by atoms with Crippen LogP contribution in [0, 0.1) is 5.82 Å². The topological polar surface area (TPSA) is 80.9 Å². The van der Waals surface area contributed by atoms with Gasteiger partial charge in [-0.1, -0.05) is 0 Å². The number of amides is 1. The number of benzene rings is 2. The third-order valence-corrected chi connectivity index (χ3v) is 2.99. The fourth-order valence-corrected chi connectivity index (χ4v) is 1.98. The molecule has 0 radical (unpaired) electrons. The van der Waals surface area contributed by atoms with Gasteiger partial charge >= 0.3 is 0 Å². The molecule has 0 saturated heterocycles. The second kappa shape index (κ2) is 5.16. The highest BCUT2D eigenvalue weighted by Gasteiger charge is 2.11. The van der Waals surface area contributed by atoms with E-state index in [0.717, 1.165) is 11.6 Å². The summed E-state index contributed by atoms with van der Waals surface area (Å²) in [5.74, 6) is -0.888. The summed E-state index contributed by atoms with van der Waals surface area (Å²) in [5.41, 5.74) is 7.92. The van der Waals surface area contributed by atoms with Gasteiger partial charge in [-0.15, -0.1) is 0 Å². The zero-order valence-corrected chi connectivity index (χ0v) is 10.9. The van der Waals surface area contributed by atoms with Crippen molar-refractivity contribution in [3.63, 3.8) is 0 Å². The van der Waals surface area contributed by atoms with Crippen LogP contribution in [0.15, 0.2) is 48.8 Å². The summed E-state index contributed by atoms with van der Waals surface area (Å²) < 4.78 is 13.0. The number of halogens is 1. The molecule has 0 bridgehead atoms. The molecular weight excluding hydrogens is 271 g/mol. The molecule has 0 aliphatic rings. The zero-order chi connectivity index (χ0) is 14.8. The minimum atomic E-state index is -0.481. The van der Waals surface area contributed by atoms with Crippen molar-refractivity contribution in [2.45, 2.75) is 0 Å². The number of nitrogen functional groups attached to an aromatic ring is 1. The molecule has 3 aromatic rings. The molecule has 0 aliphatic heterocycles. The Morgan fingerprint density at radius 2 is 1.81 bits per heavy atom. The van der Waals surface area contributed by atoms with E-state index in [1.54, 1.807) is 30.6 Å². The van der Waals surface area contributed by atoms with E-state index in [-0.39, 0.29) is 11.3 Å². The predicted octanol–water partition coefficient (Wildman–Crippen LogP) is 2.60. The molecule has 0 spiro atoms. The van der Waals surface area contributed by atoms with Crippen molar-refractivity contribution in [2.24, 2.45) is 0 Å². The number of carbonyl (C=O) groups excluding carboxylic acids is 1. The molecule has 104 valence electrons. The van der Waals surface area contributed by atoms with Crippen LogP contribution < -0.4 is 11.1 Å². The van der Waals surface area contributed by atoms with Crippen LogP contribution in [0.2, 0.25) is 0 Å². The van der Waals surface area contributed by atoms with Crippen molar-refractivity contribution in [3.8, 4) is 0 Å². The fourth-order valence-electron chi connectivity index (χ4n) is 1.98. The van der Waals surface area contributed by atoms with E-state index in [9.17, 15) is 9.18 Å². The van der Waals surface area contributed by atoms with Gasteiger partial charge in [0.1, 0.15) is 5.82 Å². The van der Waals surface area contributed by atoms with Crippen LogP contribution in [-0.2, 0) is 0 Å². The summed E-state index contributed by atoms with van der Waals surface area (Å²) in [6.07, 6.45) is 3.17. The predicted molar refractivity (Wildman–Crippen MR) is 78.3 cm³/mol. The Morgan fingerprint density at radius 3 is 2.57 bits per heavy atom. The highest BCUT2D eigenvalue weighted by Crippen LogP contribution is 2.18. The van der Waals surface area contributed by atoms with Gasteiger partial charge in [-0.3, -0.25) is 14.8 Å². The number of carbonyl (C=O) groups is 1. The van der Waals surface area contributed by atoms with Crippen molar-refractivity contribution >= 4 is 28.3 Å². The number of hydrogen-bond donors (Lipinski definition) is 2. The average Bonchev–Trinajstić information content (AvgIpc) is 2.47. The van der Waals surface area contributed by atoms with Crippen LogP contribution in [0.3, 0.4) is 0 Å². The molecule has 0 unspecified atom stereocenters. The van der Waals surface area contributed by atoms with Crippen LogP contribution in [0.4, 0.5) is 15.8 Å². The fraction of sp³-hybridized carbons (Fsp3) is 0. The van der Waals surface area contributed by atoms with Gasteiger partial charge in [0, 0.05) is 23.8 Å². The van der Waals surface area contributed by atoms with Gasteiger partial charge < -0.3 is 11.1 Å². The maximum atomic E-state index is 13.0. The Kier molecular flexibility index (Phi) is 3.19. The molecule has 0 saturated carbocycles. The maximum Gasteiger partial charge on any atom is 0.257 e. The van der Waals surface area contributed by atoms with Gasteiger partial charge in [0.25, 0.3) is 5.91 Å². The van der Waals surface area contributed by atoms with Crippen molar-refractivity contribution in [1.82, 2.24) is 9.97 Å². The summed E-state index contributed by atoms with van der Waals surface area (Å²) >= 11 is 0. The van der Waals surface area contributed by atoms with Gasteiger partial charge in [0.2, 0.25) is 0 Å². The van der Waals surface area contributed by atoms with Crippen LogP contribution in [-0.4, -0.2) is 15.9 Å². The first-order valence-electron chi connectivity index (χ1n) is 6.20. The molecule has 3 rings (SSSR count). The lowest BCUT2D eigenvalue weighted by molar-refractivity contribution is 0.102. The van der Waals surface area contributed by atoms with Crippen molar-refractivity contribution in [3.05, 3.63) is 60.2 Å². The van der Waals surface area contributed by atoms with E-state index >= 15 is 0 Å². The number of aromatic nitrogens is 2. The molecule has 0 aliphatic carbocycles. The normalized spacial score (nSPS) is 10.5. The van der Waals surface area contributed by atoms with E-state index in [2.05, 4.69) is 15.3 Å². The second-order valence-corrected chi connectivity index (χ2v) is 4.45.